The number of ether oxygens (including phenoxy) is 2. The number of methoxy groups -OCH3 is 1. The number of anilines is 1. The average molecular weight is 443 g/mol. The van der Waals surface area contributed by atoms with Gasteiger partial charge in [0.2, 0.25) is 0 Å². The minimum atomic E-state index is -0.555. The van der Waals surface area contributed by atoms with Gasteiger partial charge in [-0.1, -0.05) is 35.9 Å². The van der Waals surface area contributed by atoms with E-state index < -0.39 is 6.09 Å². The van der Waals surface area contributed by atoms with E-state index in [4.69, 9.17) is 21.1 Å². The molecule has 0 atom stereocenters. The quantitative estimate of drug-likeness (QED) is 0.524. The van der Waals surface area contributed by atoms with Crippen LogP contribution in [-0.4, -0.2) is 35.5 Å². The maximum Gasteiger partial charge on any atom is 0.411 e. The summed E-state index contributed by atoms with van der Waals surface area (Å²) in [7, 11) is 1.60. The van der Waals surface area contributed by atoms with Gasteiger partial charge >= 0.3 is 6.09 Å². The first-order valence-corrected chi connectivity index (χ1v) is 9.99. The molecule has 9 heteroatoms. The van der Waals surface area contributed by atoms with Crippen LogP contribution in [0.1, 0.15) is 21.6 Å². The van der Waals surface area contributed by atoms with Crippen LogP contribution in [0.4, 0.5) is 10.5 Å². The van der Waals surface area contributed by atoms with Crippen molar-refractivity contribution in [2.24, 2.45) is 0 Å². The highest BCUT2D eigenvalue weighted by Gasteiger charge is 2.11. The molecule has 0 saturated heterocycles. The van der Waals surface area contributed by atoms with Gasteiger partial charge in [-0.25, -0.2) is 4.79 Å². The molecule has 1 heterocycles. The number of hydrogen-bond acceptors (Lipinski definition) is 5. The minimum Gasteiger partial charge on any atom is -0.444 e. The lowest BCUT2D eigenvalue weighted by Gasteiger charge is -2.10. The number of hydrogen-bond donors (Lipinski definition) is 2. The molecule has 0 radical (unpaired) electrons. The summed E-state index contributed by atoms with van der Waals surface area (Å²) in [4.78, 5) is 24.3. The van der Waals surface area contributed by atoms with E-state index in [1.54, 1.807) is 60.5 Å². The largest absolute Gasteiger partial charge is 0.444 e. The molecule has 0 saturated carbocycles. The summed E-state index contributed by atoms with van der Waals surface area (Å²) in [6, 6.07) is 15.8. The topological polar surface area (TPSA) is 94.5 Å². The number of aromatic nitrogens is 2. The Morgan fingerprint density at radius 2 is 1.74 bits per heavy atom. The molecule has 0 spiro atoms. The van der Waals surface area contributed by atoms with Crippen molar-refractivity contribution in [3.63, 3.8) is 0 Å². The van der Waals surface area contributed by atoms with Gasteiger partial charge in [-0.15, -0.1) is 0 Å². The van der Waals surface area contributed by atoms with Crippen LogP contribution in [0.5, 0.6) is 0 Å². The lowest BCUT2D eigenvalue weighted by Crippen LogP contribution is -2.26. The van der Waals surface area contributed by atoms with Crippen molar-refractivity contribution < 1.29 is 19.1 Å². The van der Waals surface area contributed by atoms with Gasteiger partial charge in [-0.3, -0.25) is 14.8 Å². The third-order valence-electron chi connectivity index (χ3n) is 4.39. The number of carbonyl (C=O) groups is 2. The van der Waals surface area contributed by atoms with Crippen molar-refractivity contribution in [3.8, 4) is 0 Å². The third kappa shape index (κ3) is 6.84. The average Bonchev–Trinajstić information content (AvgIpc) is 3.25. The number of halogens is 1. The minimum absolute atomic E-state index is 0.147. The molecule has 162 valence electrons. The van der Waals surface area contributed by atoms with Crippen molar-refractivity contribution >= 4 is 29.3 Å². The lowest BCUT2D eigenvalue weighted by atomic mass is 10.2. The van der Waals surface area contributed by atoms with Gasteiger partial charge in [0.1, 0.15) is 12.3 Å². The molecule has 0 aliphatic rings. The highest BCUT2D eigenvalue weighted by molar-refractivity contribution is 6.30. The van der Waals surface area contributed by atoms with Gasteiger partial charge in [-0.2, -0.15) is 5.10 Å². The monoisotopic (exact) mass is 442 g/mol. The lowest BCUT2D eigenvalue weighted by molar-refractivity contribution is 0.0936. The fraction of sp³-hybridized carbons (Fsp3) is 0.227. The Kier molecular flexibility index (Phi) is 8.03. The van der Waals surface area contributed by atoms with Crippen LogP contribution in [0.2, 0.25) is 5.02 Å². The first-order valence-electron chi connectivity index (χ1n) is 9.61. The highest BCUT2D eigenvalue weighted by atomic mass is 35.5. The van der Waals surface area contributed by atoms with Crippen LogP contribution < -0.4 is 10.6 Å². The Morgan fingerprint density at radius 1 is 1.03 bits per heavy atom. The van der Waals surface area contributed by atoms with Gasteiger partial charge in [0.05, 0.1) is 13.2 Å². The van der Waals surface area contributed by atoms with Crippen LogP contribution in [0, 0.1) is 0 Å². The van der Waals surface area contributed by atoms with Crippen molar-refractivity contribution in [2.45, 2.75) is 19.7 Å². The van der Waals surface area contributed by atoms with E-state index in [0.717, 1.165) is 11.1 Å². The molecule has 1 aromatic heterocycles. The van der Waals surface area contributed by atoms with Crippen LogP contribution in [-0.2, 0) is 29.2 Å². The highest BCUT2D eigenvalue weighted by Crippen LogP contribution is 2.13. The van der Waals surface area contributed by atoms with Gasteiger partial charge in [0, 0.05) is 30.6 Å². The molecule has 0 fully saturated rings. The van der Waals surface area contributed by atoms with Crippen LogP contribution in [0.25, 0.3) is 0 Å². The standard InChI is InChI=1S/C22H23ClN4O4/c1-30-13-12-27-20(10-11-25-27)21(28)24-14-16-4-8-19(9-5-16)26-22(29)31-15-17-2-6-18(23)7-3-17/h2-11H,12-15H2,1H3,(H,24,28)(H,26,29). The Bertz CT molecular complexity index is 1000. The van der Waals surface area contributed by atoms with E-state index in [1.165, 1.54) is 0 Å². The van der Waals surface area contributed by atoms with E-state index in [-0.39, 0.29) is 12.5 Å². The number of carbonyl (C=O) groups excluding carboxylic acids is 2. The first kappa shape index (κ1) is 22.3. The summed E-state index contributed by atoms with van der Waals surface area (Å²) >= 11 is 5.83. The molecule has 0 aliphatic heterocycles. The predicted octanol–water partition coefficient (Wildman–Crippen LogP) is 3.86. The molecule has 0 unspecified atom stereocenters. The normalized spacial score (nSPS) is 10.5. The number of nitrogens with zero attached hydrogens (tertiary/aromatic N) is 2. The van der Waals surface area contributed by atoms with Gasteiger partial charge in [-0.05, 0) is 41.5 Å². The molecule has 3 aromatic rings. The molecule has 2 aromatic carbocycles. The zero-order valence-corrected chi connectivity index (χ0v) is 17.8. The summed E-state index contributed by atoms with van der Waals surface area (Å²) in [6.07, 6.45) is 1.03. The van der Waals surface area contributed by atoms with E-state index in [9.17, 15) is 9.59 Å². The van der Waals surface area contributed by atoms with Crippen molar-refractivity contribution in [2.75, 3.05) is 19.0 Å². The van der Waals surface area contributed by atoms with Gasteiger partial charge in [0.25, 0.3) is 5.91 Å². The Labute approximate surface area is 185 Å². The van der Waals surface area contributed by atoms with E-state index >= 15 is 0 Å². The molecule has 8 nitrogen and oxygen atoms in total. The van der Waals surface area contributed by atoms with Crippen LogP contribution in [0.15, 0.2) is 60.8 Å². The second kappa shape index (κ2) is 11.1. The summed E-state index contributed by atoms with van der Waals surface area (Å²) in [5.74, 6) is -0.221. The van der Waals surface area contributed by atoms with Crippen molar-refractivity contribution in [1.82, 2.24) is 15.1 Å². The fourth-order valence-electron chi connectivity index (χ4n) is 2.74. The molecule has 0 bridgehead atoms. The molecular weight excluding hydrogens is 420 g/mol. The molecule has 31 heavy (non-hydrogen) atoms. The first-order chi connectivity index (χ1) is 15.0. The zero-order valence-electron chi connectivity index (χ0n) is 17.0. The second-order valence-corrected chi connectivity index (χ2v) is 7.08. The van der Waals surface area contributed by atoms with E-state index in [2.05, 4.69) is 15.7 Å². The summed E-state index contributed by atoms with van der Waals surface area (Å²) in [5, 5.41) is 10.3. The Morgan fingerprint density at radius 3 is 2.45 bits per heavy atom. The third-order valence-corrected chi connectivity index (χ3v) is 4.64. The molecular formula is C22H23ClN4O4. The number of rotatable bonds is 9. The molecule has 3 rings (SSSR count). The summed E-state index contributed by atoms with van der Waals surface area (Å²) < 4.78 is 11.8. The smallest absolute Gasteiger partial charge is 0.411 e. The molecule has 0 aliphatic carbocycles. The predicted molar refractivity (Wildman–Crippen MR) is 117 cm³/mol. The SMILES string of the molecule is COCCn1nccc1C(=O)NCc1ccc(NC(=O)OCc2ccc(Cl)cc2)cc1. The van der Waals surface area contributed by atoms with Gasteiger partial charge in [0.15, 0.2) is 0 Å². The second-order valence-electron chi connectivity index (χ2n) is 6.64. The number of amides is 2. The van der Waals surface area contributed by atoms with Crippen molar-refractivity contribution in [3.05, 3.63) is 82.6 Å². The number of benzene rings is 2. The zero-order chi connectivity index (χ0) is 22.1. The van der Waals surface area contributed by atoms with Gasteiger partial charge < -0.3 is 14.8 Å². The molecule has 2 amide bonds. The van der Waals surface area contributed by atoms with E-state index in [0.29, 0.717) is 36.1 Å². The fourth-order valence-corrected chi connectivity index (χ4v) is 2.87. The summed E-state index contributed by atoms with van der Waals surface area (Å²) in [6.45, 7) is 1.46. The Balaban J connectivity index is 1.45. The maximum atomic E-state index is 12.4. The summed E-state index contributed by atoms with van der Waals surface area (Å²) in [5.41, 5.74) is 2.79. The molecule has 2 N–H and O–H groups in total. The van der Waals surface area contributed by atoms with E-state index in [1.807, 2.05) is 12.1 Å². The van der Waals surface area contributed by atoms with Crippen molar-refractivity contribution in [1.29, 1.82) is 0 Å². The van der Waals surface area contributed by atoms with Crippen LogP contribution in [0.3, 0.4) is 0 Å². The number of nitrogens with one attached hydrogen (secondary N) is 2. The van der Waals surface area contributed by atoms with Crippen LogP contribution >= 0.6 is 11.6 Å². The maximum absolute atomic E-state index is 12.4. The Hall–Kier alpha value is -3.36.